The molecule has 0 aliphatic heterocycles. The second-order valence-electron chi connectivity index (χ2n) is 4.73. The molecule has 0 radical (unpaired) electrons. The van der Waals surface area contributed by atoms with Crippen LogP contribution in [0.25, 0.3) is 0 Å². The first-order valence-corrected chi connectivity index (χ1v) is 7.31. The molecule has 2 saturated carbocycles. The molecule has 0 unspecified atom stereocenters. The summed E-state index contributed by atoms with van der Waals surface area (Å²) in [7, 11) is 0. The van der Waals surface area contributed by atoms with Crippen molar-refractivity contribution in [2.45, 2.75) is 42.8 Å². The van der Waals surface area contributed by atoms with Crippen molar-refractivity contribution < 1.29 is 0 Å². The molecule has 2 fully saturated rings. The summed E-state index contributed by atoms with van der Waals surface area (Å²) in [5.41, 5.74) is 5.42. The molecule has 4 nitrogen and oxygen atoms in total. The van der Waals surface area contributed by atoms with E-state index < -0.39 is 0 Å². The molecule has 1 aromatic heterocycles. The molecule has 0 spiro atoms. The SMILES string of the molecule is NCC=CCSc1nnc(C2CC2)n1C1CC1. The summed E-state index contributed by atoms with van der Waals surface area (Å²) in [6.07, 6.45) is 9.28. The number of hydrogen-bond donors (Lipinski definition) is 1. The highest BCUT2D eigenvalue weighted by Crippen LogP contribution is 2.45. The Morgan fingerprint density at radius 3 is 2.71 bits per heavy atom. The molecule has 17 heavy (non-hydrogen) atoms. The lowest BCUT2D eigenvalue weighted by Crippen LogP contribution is -2.02. The largest absolute Gasteiger partial charge is 0.327 e. The molecule has 1 heterocycles. The number of aromatic nitrogens is 3. The average molecular weight is 250 g/mol. The van der Waals surface area contributed by atoms with Gasteiger partial charge in [-0.25, -0.2) is 0 Å². The third-order valence-corrected chi connectivity index (χ3v) is 4.05. The van der Waals surface area contributed by atoms with Gasteiger partial charge in [0.15, 0.2) is 5.16 Å². The van der Waals surface area contributed by atoms with E-state index in [0.717, 1.165) is 10.9 Å². The van der Waals surface area contributed by atoms with Crippen LogP contribution in [0, 0.1) is 0 Å². The van der Waals surface area contributed by atoms with E-state index in [9.17, 15) is 0 Å². The van der Waals surface area contributed by atoms with Crippen LogP contribution in [0.3, 0.4) is 0 Å². The first kappa shape index (κ1) is 11.3. The first-order chi connectivity index (χ1) is 8.40. The average Bonchev–Trinajstić information content (AvgIpc) is 3.23. The highest BCUT2D eigenvalue weighted by atomic mass is 32.2. The van der Waals surface area contributed by atoms with Crippen LogP contribution in [0.1, 0.15) is 43.5 Å². The van der Waals surface area contributed by atoms with Gasteiger partial charge in [0.05, 0.1) is 0 Å². The third kappa shape index (κ3) is 2.55. The van der Waals surface area contributed by atoms with Crippen LogP contribution in [-0.2, 0) is 0 Å². The maximum atomic E-state index is 5.42. The second kappa shape index (κ2) is 4.82. The fourth-order valence-electron chi connectivity index (χ4n) is 1.97. The van der Waals surface area contributed by atoms with Gasteiger partial charge >= 0.3 is 0 Å². The predicted molar refractivity (Wildman–Crippen MR) is 69.2 cm³/mol. The molecule has 2 aliphatic carbocycles. The van der Waals surface area contributed by atoms with E-state index in [2.05, 4.69) is 20.8 Å². The van der Waals surface area contributed by atoms with Crippen LogP contribution in [0.5, 0.6) is 0 Å². The van der Waals surface area contributed by atoms with Gasteiger partial charge in [-0.3, -0.25) is 0 Å². The zero-order valence-corrected chi connectivity index (χ0v) is 10.7. The van der Waals surface area contributed by atoms with Crippen molar-refractivity contribution in [3.63, 3.8) is 0 Å². The van der Waals surface area contributed by atoms with E-state index in [1.807, 2.05) is 6.08 Å². The maximum absolute atomic E-state index is 5.42. The van der Waals surface area contributed by atoms with E-state index in [0.29, 0.717) is 18.5 Å². The van der Waals surface area contributed by atoms with E-state index >= 15 is 0 Å². The molecule has 0 amide bonds. The standard InChI is InChI=1S/C12H18N4S/c13-7-1-2-8-17-12-15-14-11(9-3-4-9)16(12)10-5-6-10/h1-2,9-10H,3-8,13H2. The summed E-state index contributed by atoms with van der Waals surface area (Å²) in [4.78, 5) is 0. The van der Waals surface area contributed by atoms with Gasteiger partial charge in [-0.1, -0.05) is 23.9 Å². The zero-order valence-electron chi connectivity index (χ0n) is 9.88. The lowest BCUT2D eigenvalue weighted by Gasteiger charge is -2.06. The summed E-state index contributed by atoms with van der Waals surface area (Å²) in [6.45, 7) is 0.614. The fraction of sp³-hybridized carbons (Fsp3) is 0.667. The molecule has 2 N–H and O–H groups in total. The fourth-order valence-corrected chi connectivity index (χ4v) is 2.83. The molecule has 0 bridgehead atoms. The predicted octanol–water partition coefficient (Wildman–Crippen LogP) is 2.10. The van der Waals surface area contributed by atoms with Crippen molar-refractivity contribution in [2.75, 3.05) is 12.3 Å². The van der Waals surface area contributed by atoms with E-state index in [-0.39, 0.29) is 0 Å². The van der Waals surface area contributed by atoms with Gasteiger partial charge in [-0.15, -0.1) is 10.2 Å². The first-order valence-electron chi connectivity index (χ1n) is 6.33. The van der Waals surface area contributed by atoms with Gasteiger partial charge in [0.2, 0.25) is 0 Å². The summed E-state index contributed by atoms with van der Waals surface area (Å²) in [5.74, 6) is 2.86. The number of thioether (sulfide) groups is 1. The Balaban J connectivity index is 1.72. The molecule has 3 rings (SSSR count). The molecule has 0 atom stereocenters. The van der Waals surface area contributed by atoms with Gasteiger partial charge in [0, 0.05) is 24.3 Å². The number of hydrogen-bond acceptors (Lipinski definition) is 4. The zero-order chi connectivity index (χ0) is 11.7. The maximum Gasteiger partial charge on any atom is 0.191 e. The Morgan fingerprint density at radius 2 is 2.06 bits per heavy atom. The molecular formula is C12H18N4S. The molecule has 0 saturated heterocycles. The van der Waals surface area contributed by atoms with E-state index in [4.69, 9.17) is 5.73 Å². The van der Waals surface area contributed by atoms with E-state index in [1.54, 1.807) is 11.8 Å². The van der Waals surface area contributed by atoms with Crippen molar-refractivity contribution in [3.05, 3.63) is 18.0 Å². The molecular weight excluding hydrogens is 232 g/mol. The molecule has 1 aromatic rings. The van der Waals surface area contributed by atoms with Crippen LogP contribution >= 0.6 is 11.8 Å². The van der Waals surface area contributed by atoms with Crippen molar-refractivity contribution in [1.29, 1.82) is 0 Å². The van der Waals surface area contributed by atoms with Gasteiger partial charge < -0.3 is 10.3 Å². The topological polar surface area (TPSA) is 56.7 Å². The van der Waals surface area contributed by atoms with Gasteiger partial charge in [-0.05, 0) is 25.7 Å². The van der Waals surface area contributed by atoms with Crippen LogP contribution in [0.2, 0.25) is 0 Å². The van der Waals surface area contributed by atoms with Crippen molar-refractivity contribution >= 4 is 11.8 Å². The van der Waals surface area contributed by atoms with Gasteiger partial charge in [0.1, 0.15) is 5.82 Å². The second-order valence-corrected chi connectivity index (χ2v) is 5.72. The monoisotopic (exact) mass is 250 g/mol. The Kier molecular flexibility index (Phi) is 3.20. The normalized spacial score (nSPS) is 20.3. The minimum absolute atomic E-state index is 0.614. The Hall–Kier alpha value is -0.810. The number of nitrogens with zero attached hydrogens (tertiary/aromatic N) is 3. The van der Waals surface area contributed by atoms with Gasteiger partial charge in [0.25, 0.3) is 0 Å². The third-order valence-electron chi connectivity index (χ3n) is 3.16. The van der Waals surface area contributed by atoms with Crippen LogP contribution in [0.15, 0.2) is 17.3 Å². The Bertz CT molecular complexity index is 418. The quantitative estimate of drug-likeness (QED) is 0.620. The minimum atomic E-state index is 0.614. The smallest absolute Gasteiger partial charge is 0.191 e. The lowest BCUT2D eigenvalue weighted by molar-refractivity contribution is 0.627. The van der Waals surface area contributed by atoms with Crippen molar-refractivity contribution in [3.8, 4) is 0 Å². The van der Waals surface area contributed by atoms with Crippen LogP contribution in [-0.4, -0.2) is 27.1 Å². The van der Waals surface area contributed by atoms with Crippen molar-refractivity contribution in [1.82, 2.24) is 14.8 Å². The Morgan fingerprint density at radius 1 is 1.24 bits per heavy atom. The van der Waals surface area contributed by atoms with Crippen LogP contribution in [0.4, 0.5) is 0 Å². The lowest BCUT2D eigenvalue weighted by atomic mass is 10.4. The summed E-state index contributed by atoms with van der Waals surface area (Å²) in [6, 6.07) is 0.682. The summed E-state index contributed by atoms with van der Waals surface area (Å²) < 4.78 is 2.39. The molecule has 2 aliphatic rings. The summed E-state index contributed by atoms with van der Waals surface area (Å²) >= 11 is 1.77. The molecule has 0 aromatic carbocycles. The Labute approximate surface area is 106 Å². The number of rotatable bonds is 6. The summed E-state index contributed by atoms with van der Waals surface area (Å²) in [5, 5.41) is 9.82. The highest BCUT2D eigenvalue weighted by Gasteiger charge is 2.36. The molecule has 5 heteroatoms. The van der Waals surface area contributed by atoms with E-state index in [1.165, 1.54) is 31.5 Å². The van der Waals surface area contributed by atoms with Crippen LogP contribution < -0.4 is 5.73 Å². The highest BCUT2D eigenvalue weighted by molar-refractivity contribution is 7.99. The molecule has 92 valence electrons. The van der Waals surface area contributed by atoms with Crippen molar-refractivity contribution in [2.24, 2.45) is 5.73 Å². The number of nitrogens with two attached hydrogens (primary N) is 1. The van der Waals surface area contributed by atoms with Gasteiger partial charge in [-0.2, -0.15) is 0 Å². The minimum Gasteiger partial charge on any atom is -0.327 e.